The maximum absolute atomic E-state index is 13.3. The fourth-order valence-corrected chi connectivity index (χ4v) is 12.0. The van der Waals surface area contributed by atoms with Crippen LogP contribution in [-0.2, 0) is 16.0 Å². The normalized spacial score (nSPS) is 49.7. The van der Waals surface area contributed by atoms with Crippen molar-refractivity contribution >= 4 is 17.4 Å². The summed E-state index contributed by atoms with van der Waals surface area (Å²) in [7, 11) is 0. The lowest BCUT2D eigenvalue weighted by molar-refractivity contribution is -0.171. The van der Waals surface area contributed by atoms with Gasteiger partial charge in [0.15, 0.2) is 5.78 Å². The van der Waals surface area contributed by atoms with Gasteiger partial charge in [0, 0.05) is 35.6 Å². The van der Waals surface area contributed by atoms with E-state index in [4.69, 9.17) is 5.73 Å². The lowest BCUT2D eigenvalue weighted by Crippen LogP contribution is -2.72. The predicted octanol–water partition coefficient (Wildman–Crippen LogP) is 4.51. The molecule has 1 aromatic carbocycles. The number of fused-ring (bicyclic) bond motifs is 7. The molecule has 0 radical (unpaired) electrons. The molecule has 40 heavy (non-hydrogen) atoms. The molecule has 1 aliphatic heterocycles. The maximum Gasteiger partial charge on any atom is 0.312 e. The van der Waals surface area contributed by atoms with Crippen molar-refractivity contribution < 1.29 is 19.8 Å². The number of carbonyl (C=O) groups is 2. The second-order valence-electron chi connectivity index (χ2n) is 15.5. The van der Waals surface area contributed by atoms with E-state index in [9.17, 15) is 19.8 Å². The van der Waals surface area contributed by atoms with Crippen LogP contribution in [0.2, 0.25) is 0 Å². The summed E-state index contributed by atoms with van der Waals surface area (Å²) in [6, 6.07) is 8.84. The molecule has 6 saturated carbocycles. The van der Waals surface area contributed by atoms with Crippen LogP contribution in [0.4, 0.5) is 5.69 Å². The van der Waals surface area contributed by atoms with Crippen molar-refractivity contribution in [1.29, 1.82) is 0 Å². The summed E-state index contributed by atoms with van der Waals surface area (Å²) in [6.07, 6.45) is 12.6. The number of carbonyl (C=O) groups excluding carboxylic acids is 1. The number of allylic oxidation sites excluding steroid dienone is 4. The number of rotatable bonds is 4. The van der Waals surface area contributed by atoms with E-state index in [2.05, 4.69) is 43.0 Å². The zero-order valence-electron chi connectivity index (χ0n) is 23.7. The number of carboxylic acids is 1. The minimum absolute atomic E-state index is 0.0264. The molecule has 0 unspecified atom stereocenters. The average Bonchev–Trinajstić information content (AvgIpc) is 3.36. The molecular formula is C34H42N2O4. The predicted molar refractivity (Wildman–Crippen MR) is 153 cm³/mol. The van der Waals surface area contributed by atoms with Crippen molar-refractivity contribution in [2.75, 3.05) is 18.0 Å². The Balaban J connectivity index is 1.07. The van der Waals surface area contributed by atoms with E-state index in [-0.39, 0.29) is 40.4 Å². The van der Waals surface area contributed by atoms with Crippen LogP contribution in [0.3, 0.4) is 0 Å². The first-order chi connectivity index (χ1) is 18.9. The molecule has 212 valence electrons. The Labute approximate surface area is 236 Å². The number of benzene rings is 1. The highest BCUT2D eigenvalue weighted by Gasteiger charge is 2.74. The van der Waals surface area contributed by atoms with E-state index in [1.807, 2.05) is 6.08 Å². The Hall–Kier alpha value is -2.44. The minimum atomic E-state index is -0.876. The van der Waals surface area contributed by atoms with E-state index >= 15 is 0 Å². The van der Waals surface area contributed by atoms with Gasteiger partial charge in [-0.05, 0) is 110 Å². The number of hydrogen-bond donors (Lipinski definition) is 3. The maximum atomic E-state index is 13.3. The van der Waals surface area contributed by atoms with Gasteiger partial charge in [0.2, 0.25) is 0 Å². The molecule has 4 N–H and O–H groups in total. The first-order valence-corrected chi connectivity index (χ1v) is 15.4. The van der Waals surface area contributed by atoms with Crippen molar-refractivity contribution in [2.45, 2.75) is 76.9 Å². The van der Waals surface area contributed by atoms with Gasteiger partial charge in [-0.15, -0.1) is 0 Å². The Bertz CT molecular complexity index is 1360. The highest BCUT2D eigenvalue weighted by atomic mass is 16.4. The quantitative estimate of drug-likeness (QED) is 0.517. The van der Waals surface area contributed by atoms with Crippen LogP contribution >= 0.6 is 0 Å². The third kappa shape index (κ3) is 3.02. The van der Waals surface area contributed by atoms with Crippen molar-refractivity contribution in [3.63, 3.8) is 0 Å². The largest absolute Gasteiger partial charge is 0.481 e. The van der Waals surface area contributed by atoms with Crippen molar-refractivity contribution in [3.05, 3.63) is 53.6 Å². The number of nitrogens with two attached hydrogens (primary N) is 1. The number of carboxylic acid groups (broad SMARTS) is 1. The summed E-state index contributed by atoms with van der Waals surface area (Å²) in [4.78, 5) is 27.8. The molecule has 6 heteroatoms. The van der Waals surface area contributed by atoms with Gasteiger partial charge in [0.05, 0.1) is 11.5 Å². The summed E-state index contributed by atoms with van der Waals surface area (Å²) in [5.74, 6) is -0.0586. The topological polar surface area (TPSA) is 104 Å². The van der Waals surface area contributed by atoms with Gasteiger partial charge in [-0.1, -0.05) is 37.6 Å². The summed E-state index contributed by atoms with van der Waals surface area (Å²) in [6.45, 7) is 5.61. The van der Waals surface area contributed by atoms with E-state index in [0.717, 1.165) is 62.8 Å². The molecule has 2 bridgehead atoms. The standard InChI is InChI=1S/C34H42N2O4/c1-30-10-9-24(37)11-21(30)5-8-25-26-12-22-15-36(19-34(22,29(39)40)31(26,2)14-27(38)28(25)30)23-6-3-20(4-7-23)13-32-16-33(35,17-32)18-32/h3-4,6-7,9-11,22,25-28,38H,5,8,12-19,35H2,1-2H3,(H,39,40)/t22-,25-,26-,27-,28+,30-,31-,32?,33?,34+/m0/s1. The van der Waals surface area contributed by atoms with Crippen LogP contribution in [-0.4, -0.2) is 46.7 Å². The second kappa shape index (κ2) is 7.69. The summed E-state index contributed by atoms with van der Waals surface area (Å²) < 4.78 is 0. The minimum Gasteiger partial charge on any atom is -0.481 e. The number of aliphatic hydroxyl groups is 1. The highest BCUT2D eigenvalue weighted by Crippen LogP contribution is 2.72. The number of aliphatic hydroxyl groups excluding tert-OH is 1. The Kier molecular flexibility index (Phi) is 4.86. The van der Waals surface area contributed by atoms with Gasteiger partial charge in [-0.25, -0.2) is 0 Å². The van der Waals surface area contributed by atoms with Crippen LogP contribution in [0.25, 0.3) is 0 Å². The summed E-state index contributed by atoms with van der Waals surface area (Å²) in [5.41, 5.74) is 8.73. The van der Waals surface area contributed by atoms with Crippen LogP contribution in [0.15, 0.2) is 48.1 Å². The van der Waals surface area contributed by atoms with Crippen LogP contribution in [0.5, 0.6) is 0 Å². The van der Waals surface area contributed by atoms with Crippen molar-refractivity contribution in [1.82, 2.24) is 0 Å². The molecule has 1 saturated heterocycles. The molecule has 0 amide bonds. The number of ketones is 1. The van der Waals surface area contributed by atoms with Crippen LogP contribution in [0.1, 0.15) is 64.4 Å². The van der Waals surface area contributed by atoms with Gasteiger partial charge in [0.25, 0.3) is 0 Å². The molecule has 8 atom stereocenters. The number of nitrogens with zero attached hydrogens (tertiary/aromatic N) is 1. The van der Waals surface area contributed by atoms with Crippen molar-refractivity contribution in [3.8, 4) is 0 Å². The number of anilines is 1. The zero-order chi connectivity index (χ0) is 27.9. The lowest BCUT2D eigenvalue weighted by Gasteiger charge is -2.69. The molecule has 0 aromatic heterocycles. The Morgan fingerprint density at radius 2 is 1.88 bits per heavy atom. The Morgan fingerprint density at radius 1 is 1.15 bits per heavy atom. The highest BCUT2D eigenvalue weighted by molar-refractivity contribution is 6.01. The first-order valence-electron chi connectivity index (χ1n) is 15.4. The van der Waals surface area contributed by atoms with Gasteiger partial charge < -0.3 is 20.8 Å². The fourth-order valence-electron chi connectivity index (χ4n) is 12.0. The van der Waals surface area contributed by atoms with E-state index < -0.39 is 22.9 Å². The van der Waals surface area contributed by atoms with Gasteiger partial charge >= 0.3 is 5.97 Å². The molecule has 1 aromatic rings. The molecule has 6 nitrogen and oxygen atoms in total. The second-order valence-corrected chi connectivity index (χ2v) is 15.5. The van der Waals surface area contributed by atoms with Gasteiger partial charge in [0.1, 0.15) is 0 Å². The Morgan fingerprint density at radius 3 is 2.55 bits per heavy atom. The molecule has 7 fully saturated rings. The molecule has 7 aliphatic carbocycles. The molecule has 0 spiro atoms. The van der Waals surface area contributed by atoms with Gasteiger partial charge in [-0.3, -0.25) is 9.59 Å². The van der Waals surface area contributed by atoms with Gasteiger partial charge in [-0.2, -0.15) is 0 Å². The third-order valence-electron chi connectivity index (χ3n) is 13.5. The average molecular weight is 543 g/mol. The van der Waals surface area contributed by atoms with Crippen molar-refractivity contribution in [2.24, 2.45) is 51.1 Å². The summed E-state index contributed by atoms with van der Waals surface area (Å²) in [5, 5.41) is 22.7. The molecule has 1 heterocycles. The van der Waals surface area contributed by atoms with E-state index in [1.165, 1.54) is 5.56 Å². The first kappa shape index (κ1) is 25.3. The SMILES string of the molecule is C[C@]12C=CC(=O)C=C1CC[C@@H]1[C@@H]2[C@@H](O)C[C@@]2(C)[C@H]1C[C@H]1CN(c3ccc(CC45CC(N)(C4)C5)cc3)C[C@]12C(=O)O. The number of aliphatic carboxylic acids is 1. The lowest BCUT2D eigenvalue weighted by atomic mass is 9.38. The zero-order valence-corrected chi connectivity index (χ0v) is 23.7. The third-order valence-corrected chi connectivity index (χ3v) is 13.5. The smallest absolute Gasteiger partial charge is 0.312 e. The summed E-state index contributed by atoms with van der Waals surface area (Å²) >= 11 is 0. The van der Waals surface area contributed by atoms with E-state index in [1.54, 1.807) is 12.2 Å². The molecule has 9 rings (SSSR count). The molecule has 8 aliphatic rings. The number of hydrogen-bond acceptors (Lipinski definition) is 5. The van der Waals surface area contributed by atoms with Crippen LogP contribution in [0, 0.1) is 45.3 Å². The monoisotopic (exact) mass is 542 g/mol. The molecular weight excluding hydrogens is 500 g/mol. The van der Waals surface area contributed by atoms with E-state index in [0.29, 0.717) is 18.4 Å². The van der Waals surface area contributed by atoms with Crippen LogP contribution < -0.4 is 10.6 Å². The fraction of sp³-hybridized carbons (Fsp3) is 0.647.